The zero-order chi connectivity index (χ0) is 18.4. The summed E-state index contributed by atoms with van der Waals surface area (Å²) in [5, 5.41) is 1.69. The van der Waals surface area contributed by atoms with Gasteiger partial charge < -0.3 is 9.32 Å². The molecule has 0 bridgehead atoms. The summed E-state index contributed by atoms with van der Waals surface area (Å²) in [6.07, 6.45) is 1.43. The van der Waals surface area contributed by atoms with E-state index in [1.807, 2.05) is 0 Å². The molecule has 25 heavy (non-hydrogen) atoms. The molecule has 0 saturated carbocycles. The number of hydrogen-bond donors (Lipinski definition) is 1. The van der Waals surface area contributed by atoms with Crippen molar-refractivity contribution in [1.29, 1.82) is 0 Å². The maximum absolute atomic E-state index is 12.3. The van der Waals surface area contributed by atoms with Gasteiger partial charge >= 0.3 is 0 Å². The number of likely N-dealkylation sites (N-methyl/N-ethyl adjacent to an activating group) is 1. The predicted molar refractivity (Wildman–Crippen MR) is 97.9 cm³/mol. The summed E-state index contributed by atoms with van der Waals surface area (Å²) in [6, 6.07) is 10.4. The van der Waals surface area contributed by atoms with Crippen molar-refractivity contribution in [2.24, 2.45) is 0 Å². The van der Waals surface area contributed by atoms with Crippen LogP contribution >= 0.6 is 11.6 Å². The Bertz CT molecular complexity index is 857. The molecule has 0 unspecified atom stereocenters. The quantitative estimate of drug-likeness (QED) is 0.797. The fourth-order valence-corrected chi connectivity index (χ4v) is 3.05. The van der Waals surface area contributed by atoms with E-state index >= 15 is 0 Å². The third-order valence-corrected chi connectivity index (χ3v) is 4.85. The van der Waals surface area contributed by atoms with Crippen LogP contribution < -0.4 is 4.72 Å². The number of nitrogens with zero attached hydrogens (tertiary/aromatic N) is 1. The molecule has 0 saturated heterocycles. The van der Waals surface area contributed by atoms with Crippen molar-refractivity contribution < 1.29 is 17.6 Å². The third kappa shape index (κ3) is 5.45. The van der Waals surface area contributed by atoms with E-state index in [0.717, 1.165) is 11.0 Å². The van der Waals surface area contributed by atoms with Crippen LogP contribution in [0.25, 0.3) is 11.3 Å². The second kappa shape index (κ2) is 8.33. The molecule has 0 aliphatic heterocycles. The van der Waals surface area contributed by atoms with E-state index in [9.17, 15) is 13.2 Å². The van der Waals surface area contributed by atoms with E-state index < -0.39 is 10.0 Å². The van der Waals surface area contributed by atoms with Gasteiger partial charge in [0.15, 0.2) is 5.76 Å². The van der Waals surface area contributed by atoms with Gasteiger partial charge in [0, 0.05) is 36.1 Å². The number of nitrogens with one attached hydrogen (secondary N) is 1. The van der Waals surface area contributed by atoms with Crippen molar-refractivity contribution in [2.45, 2.75) is 6.92 Å². The Labute approximate surface area is 152 Å². The Morgan fingerprint density at radius 3 is 2.56 bits per heavy atom. The Kier molecular flexibility index (Phi) is 6.41. The molecule has 0 radical (unpaired) electrons. The Morgan fingerprint density at radius 1 is 1.24 bits per heavy atom. The Hall–Kier alpha value is -2.09. The van der Waals surface area contributed by atoms with Crippen LogP contribution in [-0.4, -0.2) is 39.4 Å². The highest BCUT2D eigenvalue weighted by atomic mass is 35.5. The Balaban J connectivity index is 1.97. The fraction of sp³-hybridized carbons (Fsp3) is 0.235. The van der Waals surface area contributed by atoms with Gasteiger partial charge in [-0.3, -0.25) is 4.79 Å². The van der Waals surface area contributed by atoms with Gasteiger partial charge in [-0.2, -0.15) is 0 Å². The molecule has 1 amide bonds. The molecule has 0 spiro atoms. The number of sulfonamides is 1. The van der Waals surface area contributed by atoms with E-state index in [4.69, 9.17) is 16.0 Å². The SMILES string of the molecule is CC=CS(=O)(=O)NCCN(C)C(=O)c1ccc(-c2ccc(Cl)cc2)o1. The first-order valence-electron chi connectivity index (χ1n) is 7.56. The van der Waals surface area contributed by atoms with Crippen molar-refractivity contribution in [3.8, 4) is 11.3 Å². The lowest BCUT2D eigenvalue weighted by molar-refractivity contribution is 0.0767. The lowest BCUT2D eigenvalue weighted by Gasteiger charge is -2.15. The number of halogens is 1. The van der Waals surface area contributed by atoms with Crippen LogP contribution in [0.15, 0.2) is 52.3 Å². The summed E-state index contributed by atoms with van der Waals surface area (Å²) in [6.45, 7) is 1.94. The van der Waals surface area contributed by atoms with Gasteiger partial charge in [0.05, 0.1) is 0 Å². The largest absolute Gasteiger partial charge is 0.451 e. The summed E-state index contributed by atoms with van der Waals surface area (Å²) < 4.78 is 31.0. The summed E-state index contributed by atoms with van der Waals surface area (Å²) in [4.78, 5) is 13.7. The summed E-state index contributed by atoms with van der Waals surface area (Å²) >= 11 is 5.85. The number of rotatable bonds is 7. The highest BCUT2D eigenvalue weighted by Gasteiger charge is 2.17. The molecule has 0 fully saturated rings. The normalized spacial score (nSPS) is 11.8. The minimum Gasteiger partial charge on any atom is -0.451 e. The molecule has 2 rings (SSSR count). The van der Waals surface area contributed by atoms with Crippen LogP contribution in [0.2, 0.25) is 5.02 Å². The van der Waals surface area contributed by atoms with E-state index in [2.05, 4.69) is 4.72 Å². The van der Waals surface area contributed by atoms with Gasteiger partial charge in [0.1, 0.15) is 5.76 Å². The van der Waals surface area contributed by atoms with E-state index in [1.54, 1.807) is 50.4 Å². The Morgan fingerprint density at radius 2 is 1.92 bits per heavy atom. The number of benzene rings is 1. The van der Waals surface area contributed by atoms with Crippen molar-refractivity contribution in [2.75, 3.05) is 20.1 Å². The van der Waals surface area contributed by atoms with Crippen molar-refractivity contribution >= 4 is 27.5 Å². The van der Waals surface area contributed by atoms with Gasteiger partial charge in [0.2, 0.25) is 10.0 Å². The number of furan rings is 1. The topological polar surface area (TPSA) is 79.6 Å². The lowest BCUT2D eigenvalue weighted by Crippen LogP contribution is -2.35. The molecule has 0 atom stereocenters. The van der Waals surface area contributed by atoms with Gasteiger partial charge in [-0.25, -0.2) is 13.1 Å². The van der Waals surface area contributed by atoms with Crippen LogP contribution in [0, 0.1) is 0 Å². The minimum absolute atomic E-state index is 0.111. The first-order chi connectivity index (χ1) is 11.8. The summed E-state index contributed by atoms with van der Waals surface area (Å²) in [7, 11) is -1.88. The van der Waals surface area contributed by atoms with Crippen molar-refractivity contribution in [3.63, 3.8) is 0 Å². The average molecular weight is 383 g/mol. The zero-order valence-electron chi connectivity index (χ0n) is 13.9. The maximum Gasteiger partial charge on any atom is 0.289 e. The summed E-state index contributed by atoms with van der Waals surface area (Å²) in [5.74, 6) is 0.413. The average Bonchev–Trinajstić information content (AvgIpc) is 3.04. The molecule has 1 N–H and O–H groups in total. The zero-order valence-corrected chi connectivity index (χ0v) is 15.5. The molecule has 1 aromatic carbocycles. The smallest absolute Gasteiger partial charge is 0.289 e. The van der Waals surface area contributed by atoms with Crippen LogP contribution in [-0.2, 0) is 10.0 Å². The number of allylic oxidation sites excluding steroid dienone is 1. The fourth-order valence-electron chi connectivity index (χ4n) is 2.09. The number of carbonyl (C=O) groups is 1. The summed E-state index contributed by atoms with van der Waals surface area (Å²) in [5.41, 5.74) is 0.810. The van der Waals surface area contributed by atoms with Crippen LogP contribution in [0.3, 0.4) is 0 Å². The monoisotopic (exact) mass is 382 g/mol. The van der Waals surface area contributed by atoms with Crippen LogP contribution in [0.5, 0.6) is 0 Å². The van der Waals surface area contributed by atoms with E-state index in [1.165, 1.54) is 11.0 Å². The highest BCUT2D eigenvalue weighted by molar-refractivity contribution is 7.92. The molecular weight excluding hydrogens is 364 g/mol. The first kappa shape index (κ1) is 19.2. The molecule has 134 valence electrons. The molecule has 6 nitrogen and oxygen atoms in total. The maximum atomic E-state index is 12.3. The standard InChI is InChI=1S/C17H19ClN2O4S/c1-3-12-25(22,23)19-10-11-20(2)17(21)16-9-8-15(24-16)13-4-6-14(18)7-5-13/h3-9,12,19H,10-11H2,1-2H3. The van der Waals surface area contributed by atoms with Crippen molar-refractivity contribution in [3.05, 3.63) is 58.7 Å². The second-order valence-corrected chi connectivity index (χ2v) is 7.39. The third-order valence-electron chi connectivity index (χ3n) is 3.36. The number of amides is 1. The molecule has 8 heteroatoms. The predicted octanol–water partition coefficient (Wildman–Crippen LogP) is 3.13. The van der Waals surface area contributed by atoms with Gasteiger partial charge in [-0.05, 0) is 43.3 Å². The molecule has 1 aromatic heterocycles. The van der Waals surface area contributed by atoms with E-state index in [-0.39, 0.29) is 24.8 Å². The molecular formula is C17H19ClN2O4S. The van der Waals surface area contributed by atoms with Gasteiger partial charge in [-0.1, -0.05) is 17.7 Å². The molecule has 1 heterocycles. The molecule has 0 aliphatic carbocycles. The van der Waals surface area contributed by atoms with E-state index in [0.29, 0.717) is 10.8 Å². The number of hydrogen-bond acceptors (Lipinski definition) is 4. The minimum atomic E-state index is -3.46. The highest BCUT2D eigenvalue weighted by Crippen LogP contribution is 2.24. The number of carbonyl (C=O) groups excluding carboxylic acids is 1. The first-order valence-corrected chi connectivity index (χ1v) is 9.48. The lowest BCUT2D eigenvalue weighted by atomic mass is 10.2. The molecule has 0 aliphatic rings. The molecule has 2 aromatic rings. The van der Waals surface area contributed by atoms with Crippen LogP contribution in [0.4, 0.5) is 0 Å². The van der Waals surface area contributed by atoms with Crippen LogP contribution in [0.1, 0.15) is 17.5 Å². The second-order valence-electron chi connectivity index (χ2n) is 5.31. The van der Waals surface area contributed by atoms with Gasteiger partial charge in [0.25, 0.3) is 5.91 Å². The van der Waals surface area contributed by atoms with Gasteiger partial charge in [-0.15, -0.1) is 0 Å². The van der Waals surface area contributed by atoms with Crippen molar-refractivity contribution in [1.82, 2.24) is 9.62 Å².